The third-order valence-corrected chi connectivity index (χ3v) is 6.61. The first-order valence-corrected chi connectivity index (χ1v) is 11.0. The topological polar surface area (TPSA) is 98.0 Å². The number of rotatable bonds is 6. The Kier molecular flexibility index (Phi) is 6.35. The van der Waals surface area contributed by atoms with Gasteiger partial charge < -0.3 is 5.32 Å². The van der Waals surface area contributed by atoms with Crippen LogP contribution in [0, 0.1) is 15.9 Å². The second kappa shape index (κ2) is 9.35. The number of amides is 1. The quantitative estimate of drug-likeness (QED) is 0.254. The minimum absolute atomic E-state index is 0.0249. The summed E-state index contributed by atoms with van der Waals surface area (Å²) in [5.41, 5.74) is 0.974. The molecule has 0 aliphatic rings. The van der Waals surface area contributed by atoms with E-state index in [1.807, 2.05) is 0 Å². The fraction of sp³-hybridized carbons (Fsp3) is 0. The molecule has 4 aromatic rings. The Morgan fingerprint density at radius 1 is 1.03 bits per heavy atom. The second-order valence-corrected chi connectivity index (χ2v) is 8.84. The maximum atomic E-state index is 13.0. The van der Waals surface area contributed by atoms with E-state index in [1.54, 1.807) is 36.4 Å². The Morgan fingerprint density at radius 2 is 1.75 bits per heavy atom. The van der Waals surface area contributed by atoms with Crippen molar-refractivity contribution in [1.29, 1.82) is 0 Å². The average molecular weight is 487 g/mol. The van der Waals surface area contributed by atoms with Crippen molar-refractivity contribution in [1.82, 2.24) is 10.2 Å². The molecule has 0 atom stereocenters. The number of benzene rings is 2. The maximum Gasteiger partial charge on any atom is 0.286 e. The molecule has 0 aliphatic carbocycles. The standard InChI is InChI=1S/C21H12ClFN4O3S2/c22-16(11-14-9-10-18(31-14)15-3-1-2-4-17(15)27(29)30)20-25-26-21(32-20)19(28)24-13-7-5-12(23)6-8-13/h1-11H,(H,24,28)/b16-11-. The van der Waals surface area contributed by atoms with Crippen LogP contribution in [-0.4, -0.2) is 21.0 Å². The summed E-state index contributed by atoms with van der Waals surface area (Å²) in [6, 6.07) is 15.4. The van der Waals surface area contributed by atoms with Crippen LogP contribution >= 0.6 is 34.3 Å². The van der Waals surface area contributed by atoms with Crippen LogP contribution in [0.25, 0.3) is 21.5 Å². The van der Waals surface area contributed by atoms with Crippen molar-refractivity contribution in [3.8, 4) is 10.4 Å². The third-order valence-electron chi connectivity index (χ3n) is 4.19. The monoisotopic (exact) mass is 486 g/mol. The van der Waals surface area contributed by atoms with Crippen LogP contribution in [0.5, 0.6) is 0 Å². The second-order valence-electron chi connectivity index (χ2n) is 6.34. The van der Waals surface area contributed by atoms with Crippen LogP contribution < -0.4 is 5.32 Å². The zero-order valence-electron chi connectivity index (χ0n) is 16.0. The highest BCUT2D eigenvalue weighted by molar-refractivity contribution is 7.17. The molecule has 0 spiro atoms. The summed E-state index contributed by atoms with van der Waals surface area (Å²) in [7, 11) is 0. The normalized spacial score (nSPS) is 11.4. The van der Waals surface area contributed by atoms with Crippen LogP contribution in [0.4, 0.5) is 15.8 Å². The smallest absolute Gasteiger partial charge is 0.286 e. The fourth-order valence-corrected chi connectivity index (χ4v) is 4.70. The molecule has 2 aromatic heterocycles. The number of nitrogens with zero attached hydrogens (tertiary/aromatic N) is 3. The largest absolute Gasteiger partial charge is 0.320 e. The lowest BCUT2D eigenvalue weighted by Crippen LogP contribution is -2.11. The molecule has 0 radical (unpaired) electrons. The highest BCUT2D eigenvalue weighted by atomic mass is 35.5. The molecule has 160 valence electrons. The lowest BCUT2D eigenvalue weighted by molar-refractivity contribution is -0.384. The number of halogens is 2. The molecular formula is C21H12ClFN4O3S2. The molecule has 11 heteroatoms. The van der Waals surface area contributed by atoms with Gasteiger partial charge >= 0.3 is 0 Å². The SMILES string of the molecule is O=C(Nc1ccc(F)cc1)c1nnc(/C(Cl)=C/c2ccc(-c3ccccc3[N+](=O)[O-])s2)s1. The van der Waals surface area contributed by atoms with Gasteiger partial charge in [0.2, 0.25) is 5.01 Å². The van der Waals surface area contributed by atoms with Crippen LogP contribution in [0.15, 0.2) is 60.7 Å². The van der Waals surface area contributed by atoms with Crippen molar-refractivity contribution in [2.45, 2.75) is 0 Å². The van der Waals surface area contributed by atoms with Crippen LogP contribution in [0.3, 0.4) is 0 Å². The zero-order chi connectivity index (χ0) is 22.7. The van der Waals surface area contributed by atoms with Crippen molar-refractivity contribution in [3.05, 3.63) is 91.5 Å². The van der Waals surface area contributed by atoms with Gasteiger partial charge in [-0.1, -0.05) is 35.1 Å². The van der Waals surface area contributed by atoms with Gasteiger partial charge in [-0.2, -0.15) is 0 Å². The summed E-state index contributed by atoms with van der Waals surface area (Å²) in [6.45, 7) is 0. The van der Waals surface area contributed by atoms with Gasteiger partial charge in [0, 0.05) is 21.5 Å². The molecule has 0 fully saturated rings. The highest BCUT2D eigenvalue weighted by Crippen LogP contribution is 2.36. The van der Waals surface area contributed by atoms with Gasteiger partial charge in [-0.15, -0.1) is 21.5 Å². The number of nitro groups is 1. The average Bonchev–Trinajstić information content (AvgIpc) is 3.45. The predicted octanol–water partition coefficient (Wildman–Crippen LogP) is 6.30. The fourth-order valence-electron chi connectivity index (χ4n) is 2.73. The van der Waals surface area contributed by atoms with E-state index >= 15 is 0 Å². The summed E-state index contributed by atoms with van der Waals surface area (Å²) in [6.07, 6.45) is 1.66. The van der Waals surface area contributed by atoms with E-state index in [2.05, 4.69) is 15.5 Å². The number of carbonyl (C=O) groups is 1. The Morgan fingerprint density at radius 3 is 2.50 bits per heavy atom. The Hall–Kier alpha value is -3.47. The molecule has 7 nitrogen and oxygen atoms in total. The Bertz CT molecular complexity index is 1330. The molecule has 0 bridgehead atoms. The molecule has 0 saturated carbocycles. The van der Waals surface area contributed by atoms with E-state index in [-0.39, 0.29) is 15.7 Å². The first-order valence-electron chi connectivity index (χ1n) is 9.02. The van der Waals surface area contributed by atoms with E-state index in [9.17, 15) is 19.3 Å². The van der Waals surface area contributed by atoms with Crippen molar-refractivity contribution in [3.63, 3.8) is 0 Å². The first-order chi connectivity index (χ1) is 15.4. The van der Waals surface area contributed by atoms with E-state index < -0.39 is 16.6 Å². The molecule has 0 unspecified atom stereocenters. The first kappa shape index (κ1) is 21.8. The van der Waals surface area contributed by atoms with Gasteiger partial charge in [0.15, 0.2) is 5.01 Å². The molecule has 32 heavy (non-hydrogen) atoms. The highest BCUT2D eigenvalue weighted by Gasteiger charge is 2.17. The van der Waals surface area contributed by atoms with Crippen LogP contribution in [-0.2, 0) is 0 Å². The summed E-state index contributed by atoms with van der Waals surface area (Å²) < 4.78 is 13.0. The van der Waals surface area contributed by atoms with Crippen molar-refractivity contribution in [2.24, 2.45) is 0 Å². The number of thiophene rings is 1. The molecule has 2 heterocycles. The number of nitro benzene ring substituents is 1. The van der Waals surface area contributed by atoms with Gasteiger partial charge in [-0.05, 0) is 48.5 Å². The Balaban J connectivity index is 1.51. The van der Waals surface area contributed by atoms with E-state index in [0.717, 1.165) is 21.1 Å². The third kappa shape index (κ3) is 4.88. The van der Waals surface area contributed by atoms with Gasteiger partial charge in [0.25, 0.3) is 11.6 Å². The van der Waals surface area contributed by atoms with Gasteiger partial charge in [0.1, 0.15) is 5.82 Å². The number of nitrogens with one attached hydrogen (secondary N) is 1. The number of hydrogen-bond acceptors (Lipinski definition) is 7. The number of aromatic nitrogens is 2. The minimum Gasteiger partial charge on any atom is -0.320 e. The number of para-hydroxylation sites is 1. The van der Waals surface area contributed by atoms with E-state index in [1.165, 1.54) is 41.7 Å². The van der Waals surface area contributed by atoms with Gasteiger partial charge in [0.05, 0.1) is 15.5 Å². The molecule has 1 amide bonds. The van der Waals surface area contributed by atoms with E-state index in [0.29, 0.717) is 16.3 Å². The predicted molar refractivity (Wildman–Crippen MR) is 124 cm³/mol. The molecule has 4 rings (SSSR count). The molecule has 0 aliphatic heterocycles. The number of hydrogen-bond donors (Lipinski definition) is 1. The zero-order valence-corrected chi connectivity index (χ0v) is 18.4. The summed E-state index contributed by atoms with van der Waals surface area (Å²) >= 11 is 8.71. The van der Waals surface area contributed by atoms with Crippen LogP contribution in [0.1, 0.15) is 19.7 Å². The van der Waals surface area contributed by atoms with Gasteiger partial charge in [-0.3, -0.25) is 14.9 Å². The summed E-state index contributed by atoms with van der Waals surface area (Å²) in [5, 5.41) is 22.4. The molecular weight excluding hydrogens is 475 g/mol. The van der Waals surface area contributed by atoms with E-state index in [4.69, 9.17) is 11.6 Å². The lowest BCUT2D eigenvalue weighted by atomic mass is 10.1. The molecule has 2 aromatic carbocycles. The van der Waals surface area contributed by atoms with Crippen molar-refractivity contribution < 1.29 is 14.1 Å². The maximum absolute atomic E-state index is 13.0. The van der Waals surface area contributed by atoms with Crippen molar-refractivity contribution >= 4 is 62.7 Å². The summed E-state index contributed by atoms with van der Waals surface area (Å²) in [5.74, 6) is -0.892. The number of anilines is 1. The summed E-state index contributed by atoms with van der Waals surface area (Å²) in [4.78, 5) is 24.7. The van der Waals surface area contributed by atoms with Crippen LogP contribution in [0.2, 0.25) is 0 Å². The molecule has 0 saturated heterocycles. The van der Waals surface area contributed by atoms with Gasteiger partial charge in [-0.25, -0.2) is 4.39 Å². The lowest BCUT2D eigenvalue weighted by Gasteiger charge is -2.01. The minimum atomic E-state index is -0.486. The van der Waals surface area contributed by atoms with Crippen molar-refractivity contribution in [2.75, 3.05) is 5.32 Å². The molecule has 1 N–H and O–H groups in total. The Labute approximate surface area is 194 Å². The number of carbonyl (C=O) groups excluding carboxylic acids is 1.